The number of amides is 3. The van der Waals surface area contributed by atoms with E-state index in [4.69, 9.17) is 27.9 Å². The molecule has 3 aromatic carbocycles. The lowest BCUT2D eigenvalue weighted by Gasteiger charge is -2.21. The summed E-state index contributed by atoms with van der Waals surface area (Å²) >= 11 is 13.1. The second kappa shape index (κ2) is 14.0. The van der Waals surface area contributed by atoms with Crippen LogP contribution in [0.5, 0.6) is 5.75 Å². The second-order valence-corrected chi connectivity index (χ2v) is 10.2. The maximum absolute atomic E-state index is 12.9. The van der Waals surface area contributed by atoms with Crippen molar-refractivity contribution >= 4 is 63.6 Å². The minimum Gasteiger partial charge on any atom is -0.487 e. The minimum absolute atomic E-state index is 0.0636. The van der Waals surface area contributed by atoms with E-state index in [2.05, 4.69) is 15.6 Å². The van der Waals surface area contributed by atoms with E-state index in [9.17, 15) is 14.4 Å². The number of hydrogen-bond acceptors (Lipinski definition) is 5. The van der Waals surface area contributed by atoms with Crippen LogP contribution in [0.3, 0.4) is 0 Å². The van der Waals surface area contributed by atoms with Crippen LogP contribution in [0.1, 0.15) is 34.1 Å². The van der Waals surface area contributed by atoms with Gasteiger partial charge in [-0.1, -0.05) is 53.5 Å². The number of ether oxygens (including phenoxy) is 1. The van der Waals surface area contributed by atoms with Crippen molar-refractivity contribution < 1.29 is 19.1 Å². The van der Waals surface area contributed by atoms with Crippen molar-refractivity contribution in [2.45, 2.75) is 20.5 Å². The molecule has 10 heteroatoms. The Morgan fingerprint density at radius 2 is 1.74 bits per heavy atom. The normalized spacial score (nSPS) is 11.0. The fourth-order valence-corrected chi connectivity index (χ4v) is 4.72. The Morgan fingerprint density at radius 3 is 2.48 bits per heavy atom. The summed E-state index contributed by atoms with van der Waals surface area (Å²) in [6, 6.07) is 19.7. The number of para-hydroxylation sites is 1. The molecule has 0 saturated heterocycles. The number of likely N-dealkylation sites (N-methyl/N-ethyl adjacent to an activating group) is 1. The summed E-state index contributed by atoms with van der Waals surface area (Å²) in [4.78, 5) is 43.1. The third kappa shape index (κ3) is 7.46. The molecular formula is C32H30Cl2N4O4. The van der Waals surface area contributed by atoms with Gasteiger partial charge in [0.1, 0.15) is 17.9 Å². The molecule has 0 aliphatic rings. The highest BCUT2D eigenvalue weighted by molar-refractivity contribution is 6.38. The van der Waals surface area contributed by atoms with E-state index in [-0.39, 0.29) is 30.0 Å². The number of rotatable bonds is 10. The van der Waals surface area contributed by atoms with E-state index in [0.717, 1.165) is 22.2 Å². The van der Waals surface area contributed by atoms with E-state index in [1.807, 2.05) is 44.2 Å². The summed E-state index contributed by atoms with van der Waals surface area (Å²) in [7, 11) is 1.57. The highest BCUT2D eigenvalue weighted by atomic mass is 35.5. The second-order valence-electron chi connectivity index (χ2n) is 9.41. The standard InChI is InChI=1S/C32H30Cl2N4O4/c1-4-35-32(41)23-13-9-21(10-14-23)11-17-28(39)36-18-29(40)38(3)26-16-15-25(33)24(30(26)34)19-42-27-7-5-6-22-12-8-20(2)37-31(22)27/h5-17H,4,18-19H2,1-3H3,(H,35,41)(H,36,39)/b17-11+. The molecule has 2 N–H and O–H groups in total. The number of nitrogens with one attached hydrogen (secondary N) is 2. The minimum atomic E-state index is -0.445. The first-order valence-corrected chi connectivity index (χ1v) is 14.0. The van der Waals surface area contributed by atoms with Crippen LogP contribution < -0.4 is 20.3 Å². The molecule has 0 unspecified atom stereocenters. The van der Waals surface area contributed by atoms with Gasteiger partial charge in [0, 0.05) is 46.9 Å². The molecule has 3 amide bonds. The molecule has 4 rings (SSSR count). The molecule has 8 nitrogen and oxygen atoms in total. The van der Waals surface area contributed by atoms with Gasteiger partial charge in [0.15, 0.2) is 0 Å². The van der Waals surface area contributed by atoms with E-state index >= 15 is 0 Å². The molecule has 0 bridgehead atoms. The van der Waals surface area contributed by atoms with Crippen molar-refractivity contribution in [3.63, 3.8) is 0 Å². The van der Waals surface area contributed by atoms with E-state index < -0.39 is 5.91 Å². The summed E-state index contributed by atoms with van der Waals surface area (Å²) in [6.45, 7) is 4.11. The Hall–Kier alpha value is -4.40. The molecule has 42 heavy (non-hydrogen) atoms. The maximum Gasteiger partial charge on any atom is 0.251 e. The van der Waals surface area contributed by atoms with Gasteiger partial charge in [-0.25, -0.2) is 4.98 Å². The van der Waals surface area contributed by atoms with Gasteiger partial charge in [-0.05, 0) is 61.9 Å². The van der Waals surface area contributed by atoms with Crippen LogP contribution in [-0.2, 0) is 16.2 Å². The van der Waals surface area contributed by atoms with E-state index in [0.29, 0.717) is 34.1 Å². The monoisotopic (exact) mass is 604 g/mol. The van der Waals surface area contributed by atoms with Crippen molar-refractivity contribution in [2.75, 3.05) is 25.0 Å². The number of aromatic nitrogens is 1. The molecule has 0 aliphatic carbocycles. The summed E-state index contributed by atoms with van der Waals surface area (Å²) in [5.74, 6) is -0.398. The van der Waals surface area contributed by atoms with Crippen LogP contribution in [0.2, 0.25) is 10.0 Å². The Kier molecular flexibility index (Phi) is 10.2. The zero-order valence-corrected chi connectivity index (χ0v) is 24.9. The van der Waals surface area contributed by atoms with E-state index in [1.54, 1.807) is 49.5 Å². The average molecular weight is 606 g/mol. The van der Waals surface area contributed by atoms with Gasteiger partial charge < -0.3 is 20.3 Å². The smallest absolute Gasteiger partial charge is 0.251 e. The first kappa shape index (κ1) is 30.6. The third-order valence-corrected chi connectivity index (χ3v) is 7.22. The lowest BCUT2D eigenvalue weighted by Crippen LogP contribution is -2.37. The molecule has 0 aliphatic heterocycles. The SMILES string of the molecule is CCNC(=O)c1ccc(/C=C/C(=O)NCC(=O)N(C)c2ccc(Cl)c(COc3cccc4ccc(C)nc34)c2Cl)cc1. The number of carbonyl (C=O) groups is 3. The van der Waals surface area contributed by atoms with Gasteiger partial charge in [-0.2, -0.15) is 0 Å². The fraction of sp³-hybridized carbons (Fsp3) is 0.188. The number of halogens is 2. The number of hydrogen-bond donors (Lipinski definition) is 2. The molecular weight excluding hydrogens is 575 g/mol. The van der Waals surface area contributed by atoms with Crippen molar-refractivity contribution in [3.8, 4) is 5.75 Å². The first-order chi connectivity index (χ1) is 20.2. The number of pyridine rings is 1. The molecule has 0 radical (unpaired) electrons. The van der Waals surface area contributed by atoms with Crippen LogP contribution in [0.15, 0.2) is 72.8 Å². The van der Waals surface area contributed by atoms with Crippen LogP contribution in [0.4, 0.5) is 5.69 Å². The summed E-state index contributed by atoms with van der Waals surface area (Å²) < 4.78 is 6.07. The lowest BCUT2D eigenvalue weighted by atomic mass is 10.1. The van der Waals surface area contributed by atoms with Gasteiger partial charge in [0.25, 0.3) is 5.91 Å². The van der Waals surface area contributed by atoms with Crippen molar-refractivity contribution in [1.82, 2.24) is 15.6 Å². The number of anilines is 1. The van der Waals surface area contributed by atoms with Crippen LogP contribution in [0, 0.1) is 6.92 Å². The zero-order valence-electron chi connectivity index (χ0n) is 23.4. The largest absolute Gasteiger partial charge is 0.487 e. The Bertz CT molecular complexity index is 1650. The number of benzene rings is 3. The molecule has 0 atom stereocenters. The summed E-state index contributed by atoms with van der Waals surface area (Å²) in [6.07, 6.45) is 2.92. The third-order valence-electron chi connectivity index (χ3n) is 6.45. The van der Waals surface area contributed by atoms with E-state index in [1.165, 1.54) is 11.0 Å². The molecule has 1 aromatic heterocycles. The quantitative estimate of drug-likeness (QED) is 0.217. The lowest BCUT2D eigenvalue weighted by molar-refractivity contribution is -0.122. The molecule has 0 fully saturated rings. The number of nitrogens with zero attached hydrogens (tertiary/aromatic N) is 2. The van der Waals surface area contributed by atoms with Crippen molar-refractivity contribution in [1.29, 1.82) is 0 Å². The average Bonchev–Trinajstić information content (AvgIpc) is 2.99. The van der Waals surface area contributed by atoms with Crippen molar-refractivity contribution in [3.05, 3.63) is 105 Å². The van der Waals surface area contributed by atoms with Crippen LogP contribution >= 0.6 is 23.2 Å². The molecule has 1 heterocycles. The van der Waals surface area contributed by atoms with Gasteiger partial charge in [0.2, 0.25) is 11.8 Å². The molecule has 0 saturated carbocycles. The van der Waals surface area contributed by atoms with Gasteiger partial charge in [-0.3, -0.25) is 14.4 Å². The Labute approximate surface area is 254 Å². The van der Waals surface area contributed by atoms with Crippen LogP contribution in [0.25, 0.3) is 17.0 Å². The fourth-order valence-electron chi connectivity index (χ4n) is 4.12. The Balaban J connectivity index is 1.37. The summed E-state index contributed by atoms with van der Waals surface area (Å²) in [5, 5.41) is 6.92. The maximum atomic E-state index is 12.9. The highest BCUT2D eigenvalue weighted by Gasteiger charge is 2.19. The van der Waals surface area contributed by atoms with Crippen LogP contribution in [-0.4, -0.2) is 42.8 Å². The number of carbonyl (C=O) groups excluding carboxylic acids is 3. The number of aryl methyl sites for hydroxylation is 1. The van der Waals surface area contributed by atoms with Crippen molar-refractivity contribution in [2.24, 2.45) is 0 Å². The summed E-state index contributed by atoms with van der Waals surface area (Å²) in [5.41, 5.74) is 3.81. The predicted octanol–water partition coefficient (Wildman–Crippen LogP) is 5.97. The zero-order chi connectivity index (χ0) is 30.2. The molecule has 4 aromatic rings. The van der Waals surface area contributed by atoms with Gasteiger partial charge in [0.05, 0.1) is 17.3 Å². The Morgan fingerprint density at radius 1 is 0.976 bits per heavy atom. The van der Waals surface area contributed by atoms with Gasteiger partial charge in [-0.15, -0.1) is 0 Å². The number of fused-ring (bicyclic) bond motifs is 1. The molecule has 216 valence electrons. The predicted molar refractivity (Wildman–Crippen MR) is 167 cm³/mol. The highest BCUT2D eigenvalue weighted by Crippen LogP contribution is 2.35. The first-order valence-electron chi connectivity index (χ1n) is 13.2. The molecule has 0 spiro atoms. The van der Waals surface area contributed by atoms with Gasteiger partial charge >= 0.3 is 0 Å². The topological polar surface area (TPSA) is 101 Å².